The molecule has 2 amide bonds. The standard InChI is InChI=1S/C16H19FN2O3/c1-18(2)16(21)12-9-19(13-6-7-22-14(12)13)15(20)10-4-3-5-11(17)8-10/h3-5,8,12-14H,6-7,9H2,1-2H3/t12-,13-,14-/m0/s1. The number of benzene rings is 1. The minimum absolute atomic E-state index is 0.0357. The van der Waals surface area contributed by atoms with Gasteiger partial charge in [-0.05, 0) is 24.6 Å². The predicted molar refractivity (Wildman–Crippen MR) is 77.8 cm³/mol. The van der Waals surface area contributed by atoms with Crippen molar-refractivity contribution in [3.8, 4) is 0 Å². The van der Waals surface area contributed by atoms with E-state index in [9.17, 15) is 14.0 Å². The van der Waals surface area contributed by atoms with Crippen LogP contribution in [0.3, 0.4) is 0 Å². The summed E-state index contributed by atoms with van der Waals surface area (Å²) < 4.78 is 19.0. The minimum Gasteiger partial charge on any atom is -0.375 e. The first kappa shape index (κ1) is 15.0. The Hall–Kier alpha value is -1.95. The Balaban J connectivity index is 1.85. The monoisotopic (exact) mass is 306 g/mol. The molecule has 3 atom stereocenters. The Morgan fingerprint density at radius 3 is 2.82 bits per heavy atom. The van der Waals surface area contributed by atoms with Gasteiger partial charge in [-0.3, -0.25) is 9.59 Å². The number of likely N-dealkylation sites (tertiary alicyclic amines) is 1. The van der Waals surface area contributed by atoms with E-state index in [4.69, 9.17) is 4.74 Å². The number of hydrogen-bond donors (Lipinski definition) is 0. The number of ether oxygens (including phenoxy) is 1. The summed E-state index contributed by atoms with van der Waals surface area (Å²) in [6.07, 6.45) is 0.454. The molecular weight excluding hydrogens is 287 g/mol. The van der Waals surface area contributed by atoms with Crippen LogP contribution in [0.2, 0.25) is 0 Å². The number of carbonyl (C=O) groups excluding carboxylic acids is 2. The largest absolute Gasteiger partial charge is 0.375 e. The van der Waals surface area contributed by atoms with Gasteiger partial charge in [0.15, 0.2) is 0 Å². The molecule has 2 saturated heterocycles. The quantitative estimate of drug-likeness (QED) is 0.823. The third-order valence-electron chi connectivity index (χ3n) is 4.38. The van der Waals surface area contributed by atoms with Crippen LogP contribution in [0.25, 0.3) is 0 Å². The van der Waals surface area contributed by atoms with Crippen molar-refractivity contribution in [3.05, 3.63) is 35.6 Å². The second-order valence-corrected chi connectivity index (χ2v) is 6.00. The van der Waals surface area contributed by atoms with Crippen LogP contribution in [0.15, 0.2) is 24.3 Å². The maximum atomic E-state index is 13.3. The molecule has 2 aliphatic rings. The van der Waals surface area contributed by atoms with Crippen molar-refractivity contribution in [2.24, 2.45) is 5.92 Å². The van der Waals surface area contributed by atoms with Gasteiger partial charge in [0, 0.05) is 32.8 Å². The van der Waals surface area contributed by atoms with Crippen molar-refractivity contribution in [2.75, 3.05) is 27.2 Å². The molecule has 3 rings (SSSR count). The van der Waals surface area contributed by atoms with Crippen LogP contribution in [0.1, 0.15) is 16.8 Å². The van der Waals surface area contributed by atoms with E-state index in [1.165, 1.54) is 23.1 Å². The fourth-order valence-corrected chi connectivity index (χ4v) is 3.34. The number of nitrogens with zero attached hydrogens (tertiary/aromatic N) is 2. The number of halogens is 1. The van der Waals surface area contributed by atoms with Gasteiger partial charge in [0.2, 0.25) is 5.91 Å². The molecule has 5 nitrogen and oxygen atoms in total. The van der Waals surface area contributed by atoms with Crippen LogP contribution in [0.5, 0.6) is 0 Å². The molecule has 0 aliphatic carbocycles. The Morgan fingerprint density at radius 2 is 2.14 bits per heavy atom. The number of amides is 2. The van der Waals surface area contributed by atoms with Crippen molar-refractivity contribution < 1.29 is 18.7 Å². The first-order valence-corrected chi connectivity index (χ1v) is 7.38. The first-order valence-electron chi connectivity index (χ1n) is 7.38. The zero-order valence-electron chi connectivity index (χ0n) is 12.7. The normalized spacial score (nSPS) is 26.9. The van der Waals surface area contributed by atoms with E-state index in [1.54, 1.807) is 25.1 Å². The van der Waals surface area contributed by atoms with Crippen molar-refractivity contribution in [1.82, 2.24) is 9.80 Å². The summed E-state index contributed by atoms with van der Waals surface area (Å²) in [6, 6.07) is 5.54. The van der Waals surface area contributed by atoms with Gasteiger partial charge in [0.05, 0.1) is 18.1 Å². The minimum atomic E-state index is -0.440. The maximum Gasteiger partial charge on any atom is 0.254 e. The zero-order valence-corrected chi connectivity index (χ0v) is 12.7. The number of hydrogen-bond acceptors (Lipinski definition) is 3. The third-order valence-corrected chi connectivity index (χ3v) is 4.38. The Labute approximate surface area is 128 Å². The fraction of sp³-hybridized carbons (Fsp3) is 0.500. The fourth-order valence-electron chi connectivity index (χ4n) is 3.34. The molecular formula is C16H19FN2O3. The van der Waals surface area contributed by atoms with E-state index < -0.39 is 5.82 Å². The molecule has 0 radical (unpaired) electrons. The highest BCUT2D eigenvalue weighted by molar-refractivity contribution is 5.95. The highest BCUT2D eigenvalue weighted by atomic mass is 19.1. The van der Waals surface area contributed by atoms with Crippen LogP contribution in [-0.2, 0) is 9.53 Å². The molecule has 0 spiro atoms. The van der Waals surface area contributed by atoms with Gasteiger partial charge in [-0.1, -0.05) is 6.07 Å². The molecule has 118 valence electrons. The molecule has 2 fully saturated rings. The topological polar surface area (TPSA) is 49.9 Å². The third kappa shape index (κ3) is 2.47. The van der Waals surface area contributed by atoms with Gasteiger partial charge >= 0.3 is 0 Å². The average Bonchev–Trinajstić information content (AvgIpc) is 3.07. The maximum absolute atomic E-state index is 13.3. The van der Waals surface area contributed by atoms with Gasteiger partial charge < -0.3 is 14.5 Å². The van der Waals surface area contributed by atoms with Gasteiger partial charge in [0.25, 0.3) is 5.91 Å². The van der Waals surface area contributed by atoms with Crippen LogP contribution in [0, 0.1) is 11.7 Å². The smallest absolute Gasteiger partial charge is 0.254 e. The molecule has 1 aromatic carbocycles. The van der Waals surface area contributed by atoms with Gasteiger partial charge in [-0.25, -0.2) is 4.39 Å². The SMILES string of the molecule is CN(C)C(=O)[C@H]1CN(C(=O)c2cccc(F)c2)[C@H]2CCO[C@@H]12. The molecule has 0 saturated carbocycles. The summed E-state index contributed by atoms with van der Waals surface area (Å²) in [5, 5.41) is 0. The van der Waals surface area contributed by atoms with E-state index >= 15 is 0 Å². The summed E-state index contributed by atoms with van der Waals surface area (Å²) >= 11 is 0. The molecule has 0 N–H and O–H groups in total. The van der Waals surface area contributed by atoms with E-state index in [1.807, 2.05) is 0 Å². The highest BCUT2D eigenvalue weighted by Crippen LogP contribution is 2.35. The van der Waals surface area contributed by atoms with Gasteiger partial charge in [-0.15, -0.1) is 0 Å². The molecule has 0 unspecified atom stereocenters. The highest BCUT2D eigenvalue weighted by Gasteiger charge is 2.50. The van der Waals surface area contributed by atoms with Crippen LogP contribution < -0.4 is 0 Å². The van der Waals surface area contributed by atoms with Crippen molar-refractivity contribution in [3.63, 3.8) is 0 Å². The van der Waals surface area contributed by atoms with Gasteiger partial charge in [0.1, 0.15) is 5.82 Å². The van der Waals surface area contributed by atoms with E-state index in [2.05, 4.69) is 0 Å². The lowest BCUT2D eigenvalue weighted by Gasteiger charge is -2.22. The Morgan fingerprint density at radius 1 is 1.36 bits per heavy atom. The summed E-state index contributed by atoms with van der Waals surface area (Å²) in [5.74, 6) is -1.06. The van der Waals surface area contributed by atoms with Crippen molar-refractivity contribution in [1.29, 1.82) is 0 Å². The lowest BCUT2D eigenvalue weighted by atomic mass is 10.0. The molecule has 0 bridgehead atoms. The summed E-state index contributed by atoms with van der Waals surface area (Å²) in [5.41, 5.74) is 0.309. The number of carbonyl (C=O) groups is 2. The molecule has 22 heavy (non-hydrogen) atoms. The molecule has 6 heteroatoms. The second-order valence-electron chi connectivity index (χ2n) is 6.00. The number of rotatable bonds is 2. The molecule has 0 aromatic heterocycles. The van der Waals surface area contributed by atoms with Crippen LogP contribution >= 0.6 is 0 Å². The summed E-state index contributed by atoms with van der Waals surface area (Å²) in [7, 11) is 3.40. The van der Waals surface area contributed by atoms with E-state index in [0.29, 0.717) is 25.1 Å². The zero-order chi connectivity index (χ0) is 15.9. The Kier molecular flexibility index (Phi) is 3.87. The van der Waals surface area contributed by atoms with Crippen LogP contribution in [0.4, 0.5) is 4.39 Å². The molecule has 2 aliphatic heterocycles. The van der Waals surface area contributed by atoms with Crippen LogP contribution in [-0.4, -0.2) is 61.0 Å². The summed E-state index contributed by atoms with van der Waals surface area (Å²) in [4.78, 5) is 28.1. The lowest BCUT2D eigenvalue weighted by Crippen LogP contribution is -2.37. The van der Waals surface area contributed by atoms with E-state index in [-0.39, 0.29) is 29.9 Å². The average molecular weight is 306 g/mol. The van der Waals surface area contributed by atoms with Crippen molar-refractivity contribution >= 4 is 11.8 Å². The Bertz CT molecular complexity index is 605. The molecule has 2 heterocycles. The molecule has 1 aromatic rings. The number of fused-ring (bicyclic) bond motifs is 1. The van der Waals surface area contributed by atoms with Gasteiger partial charge in [-0.2, -0.15) is 0 Å². The lowest BCUT2D eigenvalue weighted by molar-refractivity contribution is -0.135. The van der Waals surface area contributed by atoms with Crippen molar-refractivity contribution in [2.45, 2.75) is 18.6 Å². The van der Waals surface area contributed by atoms with E-state index in [0.717, 1.165) is 0 Å². The predicted octanol–water partition coefficient (Wildman–Crippen LogP) is 1.14. The summed E-state index contributed by atoms with van der Waals surface area (Å²) in [6.45, 7) is 0.862. The second kappa shape index (κ2) is 5.68. The first-order chi connectivity index (χ1) is 10.5.